The Balaban J connectivity index is 2.40. The van der Waals surface area contributed by atoms with E-state index in [1.165, 1.54) is 5.56 Å². The van der Waals surface area contributed by atoms with Crippen LogP contribution < -0.4 is 5.32 Å². The summed E-state index contributed by atoms with van der Waals surface area (Å²) < 4.78 is 5.41. The van der Waals surface area contributed by atoms with E-state index in [1.54, 1.807) is 12.5 Å². The molecule has 1 N–H and O–H groups in total. The van der Waals surface area contributed by atoms with Crippen LogP contribution in [0.15, 0.2) is 41.3 Å². The number of nitrogens with zero attached hydrogens (tertiary/aromatic N) is 1. The van der Waals surface area contributed by atoms with Crippen molar-refractivity contribution in [1.29, 1.82) is 0 Å². The highest BCUT2D eigenvalue weighted by atomic mass is 16.3. The van der Waals surface area contributed by atoms with Crippen molar-refractivity contribution in [2.45, 2.75) is 13.0 Å². The molecule has 15 heavy (non-hydrogen) atoms. The lowest BCUT2D eigenvalue weighted by molar-refractivity contribution is 0.462. The summed E-state index contributed by atoms with van der Waals surface area (Å²) in [6, 6.07) is 5.99. The zero-order chi connectivity index (χ0) is 10.7. The monoisotopic (exact) mass is 202 g/mol. The van der Waals surface area contributed by atoms with Gasteiger partial charge in [0.1, 0.15) is 5.76 Å². The lowest BCUT2D eigenvalue weighted by atomic mass is 10.0. The van der Waals surface area contributed by atoms with Gasteiger partial charge >= 0.3 is 0 Å². The van der Waals surface area contributed by atoms with Crippen LogP contribution in [0, 0.1) is 6.92 Å². The number of hydrogen-bond acceptors (Lipinski definition) is 3. The van der Waals surface area contributed by atoms with Crippen LogP contribution in [-0.2, 0) is 0 Å². The lowest BCUT2D eigenvalue weighted by Gasteiger charge is -2.15. The molecule has 0 bridgehead atoms. The van der Waals surface area contributed by atoms with Gasteiger partial charge in [-0.05, 0) is 43.3 Å². The minimum atomic E-state index is 0.1000. The van der Waals surface area contributed by atoms with Gasteiger partial charge in [-0.25, -0.2) is 0 Å². The number of nitrogens with one attached hydrogen (secondary N) is 1. The molecule has 3 heteroatoms. The predicted octanol–water partition coefficient (Wildman–Crippen LogP) is 2.29. The summed E-state index contributed by atoms with van der Waals surface area (Å²) in [6.45, 7) is 2.05. The van der Waals surface area contributed by atoms with E-state index in [-0.39, 0.29) is 6.04 Å². The first-order chi connectivity index (χ1) is 7.33. The van der Waals surface area contributed by atoms with Gasteiger partial charge in [0, 0.05) is 12.4 Å². The van der Waals surface area contributed by atoms with Crippen molar-refractivity contribution < 1.29 is 4.42 Å². The van der Waals surface area contributed by atoms with E-state index in [0.29, 0.717) is 0 Å². The molecule has 2 heterocycles. The standard InChI is InChI=1S/C12H14N2O/c1-9-8-14-6-5-10(9)12(13-2)11-4-3-7-15-11/h3-8,12-13H,1-2H3. The summed E-state index contributed by atoms with van der Waals surface area (Å²) in [4.78, 5) is 4.08. The Morgan fingerprint density at radius 3 is 2.87 bits per heavy atom. The van der Waals surface area contributed by atoms with Crippen molar-refractivity contribution in [2.75, 3.05) is 7.05 Å². The number of pyridine rings is 1. The van der Waals surface area contributed by atoms with E-state index in [0.717, 1.165) is 11.3 Å². The van der Waals surface area contributed by atoms with Gasteiger partial charge < -0.3 is 9.73 Å². The van der Waals surface area contributed by atoms with Gasteiger partial charge in [-0.3, -0.25) is 4.98 Å². The Hall–Kier alpha value is -1.61. The summed E-state index contributed by atoms with van der Waals surface area (Å²) >= 11 is 0. The topological polar surface area (TPSA) is 38.1 Å². The summed E-state index contributed by atoms with van der Waals surface area (Å²) in [6.07, 6.45) is 5.36. The van der Waals surface area contributed by atoms with Crippen molar-refractivity contribution in [1.82, 2.24) is 10.3 Å². The Labute approximate surface area is 89.1 Å². The van der Waals surface area contributed by atoms with E-state index < -0.39 is 0 Å². The first-order valence-corrected chi connectivity index (χ1v) is 4.94. The smallest absolute Gasteiger partial charge is 0.125 e. The second kappa shape index (κ2) is 4.28. The van der Waals surface area contributed by atoms with E-state index >= 15 is 0 Å². The summed E-state index contributed by atoms with van der Waals surface area (Å²) in [5.41, 5.74) is 2.36. The maximum absolute atomic E-state index is 5.41. The summed E-state index contributed by atoms with van der Waals surface area (Å²) in [5.74, 6) is 0.923. The minimum absolute atomic E-state index is 0.1000. The fourth-order valence-corrected chi connectivity index (χ4v) is 1.71. The molecule has 0 amide bonds. The van der Waals surface area contributed by atoms with Gasteiger partial charge in [0.05, 0.1) is 12.3 Å². The third kappa shape index (κ3) is 1.92. The fraction of sp³-hybridized carbons (Fsp3) is 0.250. The molecule has 0 aliphatic heterocycles. The second-order valence-corrected chi connectivity index (χ2v) is 3.47. The number of aromatic nitrogens is 1. The Morgan fingerprint density at radius 2 is 2.27 bits per heavy atom. The molecule has 0 fully saturated rings. The number of hydrogen-bond donors (Lipinski definition) is 1. The Bertz CT molecular complexity index is 423. The van der Waals surface area contributed by atoms with Gasteiger partial charge in [0.2, 0.25) is 0 Å². The molecule has 0 saturated carbocycles. The highest BCUT2D eigenvalue weighted by molar-refractivity contribution is 5.30. The largest absolute Gasteiger partial charge is 0.467 e. The third-order valence-electron chi connectivity index (χ3n) is 2.49. The number of furan rings is 1. The zero-order valence-corrected chi connectivity index (χ0v) is 8.90. The van der Waals surface area contributed by atoms with E-state index in [4.69, 9.17) is 4.42 Å². The van der Waals surface area contributed by atoms with E-state index in [9.17, 15) is 0 Å². The highest BCUT2D eigenvalue weighted by Gasteiger charge is 2.15. The summed E-state index contributed by atoms with van der Waals surface area (Å²) in [7, 11) is 1.92. The van der Waals surface area contributed by atoms with Gasteiger partial charge in [-0.1, -0.05) is 0 Å². The average Bonchev–Trinajstić information content (AvgIpc) is 2.75. The molecule has 2 aromatic heterocycles. The van der Waals surface area contributed by atoms with Crippen LogP contribution >= 0.6 is 0 Å². The van der Waals surface area contributed by atoms with Gasteiger partial charge in [0.15, 0.2) is 0 Å². The number of aryl methyl sites for hydroxylation is 1. The molecule has 1 unspecified atom stereocenters. The van der Waals surface area contributed by atoms with Crippen molar-refractivity contribution >= 4 is 0 Å². The van der Waals surface area contributed by atoms with Gasteiger partial charge in [0.25, 0.3) is 0 Å². The molecule has 78 valence electrons. The SMILES string of the molecule is CNC(c1ccco1)c1ccncc1C. The van der Waals surface area contributed by atoms with Crippen LogP contribution in [0.25, 0.3) is 0 Å². The molecular formula is C12H14N2O. The molecule has 0 radical (unpaired) electrons. The highest BCUT2D eigenvalue weighted by Crippen LogP contribution is 2.23. The van der Waals surface area contributed by atoms with E-state index in [1.807, 2.05) is 31.4 Å². The second-order valence-electron chi connectivity index (χ2n) is 3.47. The van der Waals surface area contributed by atoms with Crippen LogP contribution in [-0.4, -0.2) is 12.0 Å². The van der Waals surface area contributed by atoms with Crippen molar-refractivity contribution in [2.24, 2.45) is 0 Å². The third-order valence-corrected chi connectivity index (χ3v) is 2.49. The van der Waals surface area contributed by atoms with Crippen LogP contribution in [0.5, 0.6) is 0 Å². The molecule has 0 aliphatic rings. The maximum atomic E-state index is 5.41. The quantitative estimate of drug-likeness (QED) is 0.829. The zero-order valence-electron chi connectivity index (χ0n) is 8.90. The first kappa shape index (κ1) is 9.93. The van der Waals surface area contributed by atoms with Crippen LogP contribution in [0.3, 0.4) is 0 Å². The minimum Gasteiger partial charge on any atom is -0.467 e. The molecule has 2 aromatic rings. The molecule has 1 atom stereocenters. The molecule has 2 rings (SSSR count). The van der Waals surface area contributed by atoms with Crippen molar-refractivity contribution in [3.8, 4) is 0 Å². The van der Waals surface area contributed by atoms with Gasteiger partial charge in [-0.2, -0.15) is 0 Å². The predicted molar refractivity (Wildman–Crippen MR) is 58.6 cm³/mol. The normalized spacial score (nSPS) is 12.7. The maximum Gasteiger partial charge on any atom is 0.125 e. The van der Waals surface area contributed by atoms with Gasteiger partial charge in [-0.15, -0.1) is 0 Å². The number of rotatable bonds is 3. The van der Waals surface area contributed by atoms with Crippen molar-refractivity contribution in [3.05, 3.63) is 53.7 Å². The molecule has 3 nitrogen and oxygen atoms in total. The van der Waals surface area contributed by atoms with Crippen LogP contribution in [0.2, 0.25) is 0 Å². The molecule has 0 aliphatic carbocycles. The molecule has 0 spiro atoms. The van der Waals surface area contributed by atoms with Crippen LogP contribution in [0.1, 0.15) is 22.9 Å². The fourth-order valence-electron chi connectivity index (χ4n) is 1.71. The average molecular weight is 202 g/mol. The van der Waals surface area contributed by atoms with Crippen molar-refractivity contribution in [3.63, 3.8) is 0 Å². The van der Waals surface area contributed by atoms with Crippen LogP contribution in [0.4, 0.5) is 0 Å². The molecule has 0 aromatic carbocycles. The lowest BCUT2D eigenvalue weighted by Crippen LogP contribution is -2.18. The Kier molecular flexibility index (Phi) is 2.83. The summed E-state index contributed by atoms with van der Waals surface area (Å²) in [5, 5.41) is 3.24. The Morgan fingerprint density at radius 1 is 1.40 bits per heavy atom. The van der Waals surface area contributed by atoms with E-state index in [2.05, 4.69) is 17.2 Å². The molecular weight excluding hydrogens is 188 g/mol. The first-order valence-electron chi connectivity index (χ1n) is 4.94. The molecule has 0 saturated heterocycles.